The molecule has 8 heteroatoms. The van der Waals surface area contributed by atoms with Gasteiger partial charge in [0.05, 0.1) is 6.04 Å². The van der Waals surface area contributed by atoms with Crippen LogP contribution in [0.25, 0.3) is 0 Å². The first-order valence-electron chi connectivity index (χ1n) is 9.70. The van der Waals surface area contributed by atoms with Crippen LogP contribution in [0.3, 0.4) is 0 Å². The first kappa shape index (κ1) is 22.8. The fourth-order valence-electron chi connectivity index (χ4n) is 4.41. The first-order valence-corrected chi connectivity index (χ1v) is 9.70. The molecule has 1 aromatic carbocycles. The van der Waals surface area contributed by atoms with Crippen molar-refractivity contribution in [3.8, 4) is 0 Å². The molecule has 0 saturated carbocycles. The zero-order chi connectivity index (χ0) is 21.7. The summed E-state index contributed by atoms with van der Waals surface area (Å²) < 4.78 is 5.62. The van der Waals surface area contributed by atoms with Gasteiger partial charge in [0.1, 0.15) is 6.61 Å². The Morgan fingerprint density at radius 3 is 2.28 bits per heavy atom. The minimum absolute atomic E-state index is 0.0554. The van der Waals surface area contributed by atoms with E-state index in [0.29, 0.717) is 0 Å². The standard InChI is InChI=1S/C20H29N3O3.CH2O2/c1-19(2)10-14(11-20(3,4)23-19)21-18(25)17-16(22-15(24)12-26-17)13-8-6-5-7-9-13;2-1-3/h5-9,14,16-17,23H,10-12H2,1-4H3,(H,21,25)(H,22,24);1H,(H,2,3)/t16-,17+;/m1./s1. The Labute approximate surface area is 171 Å². The predicted octanol–water partition coefficient (Wildman–Crippen LogP) is 1.37. The van der Waals surface area contributed by atoms with Crippen LogP contribution in [0, 0.1) is 0 Å². The Morgan fingerprint density at radius 1 is 1.17 bits per heavy atom. The molecule has 160 valence electrons. The van der Waals surface area contributed by atoms with Gasteiger partial charge in [-0.1, -0.05) is 30.3 Å². The number of hydrogen-bond donors (Lipinski definition) is 4. The number of hydrogen-bond acceptors (Lipinski definition) is 5. The summed E-state index contributed by atoms with van der Waals surface area (Å²) in [5.74, 6) is -0.371. The summed E-state index contributed by atoms with van der Waals surface area (Å²) in [4.78, 5) is 33.1. The summed E-state index contributed by atoms with van der Waals surface area (Å²) in [6, 6.07) is 9.08. The topological polar surface area (TPSA) is 117 Å². The smallest absolute Gasteiger partial charge is 0.290 e. The molecule has 2 amide bonds. The molecular formula is C21H31N3O5. The number of carbonyl (C=O) groups is 3. The number of rotatable bonds is 3. The maximum Gasteiger partial charge on any atom is 0.290 e. The minimum Gasteiger partial charge on any atom is -0.483 e. The third kappa shape index (κ3) is 6.54. The number of benzene rings is 1. The molecule has 29 heavy (non-hydrogen) atoms. The van der Waals surface area contributed by atoms with E-state index in [2.05, 4.69) is 43.6 Å². The molecule has 2 atom stereocenters. The largest absolute Gasteiger partial charge is 0.483 e. The lowest BCUT2D eigenvalue weighted by atomic mass is 9.79. The molecule has 0 aromatic heterocycles. The molecule has 1 aromatic rings. The molecule has 0 aliphatic carbocycles. The van der Waals surface area contributed by atoms with E-state index in [1.807, 2.05) is 30.3 Å². The van der Waals surface area contributed by atoms with E-state index < -0.39 is 12.1 Å². The van der Waals surface area contributed by atoms with Gasteiger partial charge in [0.2, 0.25) is 5.91 Å². The number of piperidine rings is 1. The highest BCUT2D eigenvalue weighted by Crippen LogP contribution is 2.29. The highest BCUT2D eigenvalue weighted by Gasteiger charge is 2.41. The minimum atomic E-state index is -0.726. The van der Waals surface area contributed by atoms with Crippen LogP contribution >= 0.6 is 0 Å². The van der Waals surface area contributed by atoms with Gasteiger partial charge >= 0.3 is 0 Å². The van der Waals surface area contributed by atoms with Crippen LogP contribution in [0.1, 0.15) is 52.1 Å². The van der Waals surface area contributed by atoms with Crippen LogP contribution < -0.4 is 16.0 Å². The van der Waals surface area contributed by atoms with Crippen LogP contribution in [0.15, 0.2) is 30.3 Å². The molecule has 0 bridgehead atoms. The number of carboxylic acid groups (broad SMARTS) is 1. The average Bonchev–Trinajstić information content (AvgIpc) is 2.60. The van der Waals surface area contributed by atoms with Crippen molar-refractivity contribution in [1.82, 2.24) is 16.0 Å². The second kappa shape index (κ2) is 9.37. The molecule has 0 unspecified atom stereocenters. The Morgan fingerprint density at radius 2 is 1.72 bits per heavy atom. The maximum absolute atomic E-state index is 13.0. The lowest BCUT2D eigenvalue weighted by molar-refractivity contribution is -0.148. The van der Waals surface area contributed by atoms with Crippen molar-refractivity contribution in [3.05, 3.63) is 35.9 Å². The number of amides is 2. The van der Waals surface area contributed by atoms with Crippen LogP contribution in [-0.2, 0) is 19.1 Å². The third-order valence-electron chi connectivity index (χ3n) is 4.97. The number of carbonyl (C=O) groups excluding carboxylic acids is 2. The van der Waals surface area contributed by atoms with Gasteiger partial charge in [-0.2, -0.15) is 0 Å². The van der Waals surface area contributed by atoms with Crippen LogP contribution in [0.2, 0.25) is 0 Å². The van der Waals surface area contributed by atoms with Crippen molar-refractivity contribution in [2.45, 2.75) is 69.8 Å². The second-order valence-corrected chi connectivity index (χ2v) is 8.80. The van der Waals surface area contributed by atoms with E-state index in [-0.39, 0.29) is 42.0 Å². The summed E-state index contributed by atoms with van der Waals surface area (Å²) in [6.45, 7) is 8.26. The zero-order valence-electron chi connectivity index (χ0n) is 17.4. The maximum atomic E-state index is 13.0. The Kier molecular flexibility index (Phi) is 7.37. The molecular weight excluding hydrogens is 374 g/mol. The molecule has 3 rings (SSSR count). The number of ether oxygens (including phenoxy) is 1. The normalized spacial score (nSPS) is 25.7. The van der Waals surface area contributed by atoms with E-state index in [1.54, 1.807) is 0 Å². The van der Waals surface area contributed by atoms with Crippen LogP contribution in [-0.4, -0.2) is 53.2 Å². The number of nitrogens with one attached hydrogen (secondary N) is 3. The summed E-state index contributed by atoms with van der Waals surface area (Å²) in [7, 11) is 0. The lowest BCUT2D eigenvalue weighted by Crippen LogP contribution is -2.63. The molecule has 2 fully saturated rings. The molecule has 4 N–H and O–H groups in total. The first-order chi connectivity index (χ1) is 13.6. The van der Waals surface area contributed by atoms with Crippen LogP contribution in [0.4, 0.5) is 0 Å². The summed E-state index contributed by atoms with van der Waals surface area (Å²) in [6.07, 6.45) is 0.963. The van der Waals surface area contributed by atoms with E-state index in [1.165, 1.54) is 0 Å². The van der Waals surface area contributed by atoms with Gasteiger partial charge in [0.25, 0.3) is 12.4 Å². The molecule has 0 radical (unpaired) electrons. The van der Waals surface area contributed by atoms with Gasteiger partial charge in [0.15, 0.2) is 6.10 Å². The van der Waals surface area contributed by atoms with E-state index in [0.717, 1.165) is 18.4 Å². The molecule has 2 aliphatic rings. The van der Waals surface area contributed by atoms with E-state index >= 15 is 0 Å². The Hall–Kier alpha value is -2.45. The highest BCUT2D eigenvalue weighted by atomic mass is 16.5. The van der Waals surface area contributed by atoms with Gasteiger partial charge in [-0.05, 0) is 46.1 Å². The van der Waals surface area contributed by atoms with Gasteiger partial charge in [-0.3, -0.25) is 14.4 Å². The summed E-state index contributed by atoms with van der Waals surface area (Å²) in [5, 5.41) is 16.6. The fraction of sp³-hybridized carbons (Fsp3) is 0.571. The second-order valence-electron chi connectivity index (χ2n) is 8.80. The zero-order valence-corrected chi connectivity index (χ0v) is 17.4. The quantitative estimate of drug-likeness (QED) is 0.565. The monoisotopic (exact) mass is 405 g/mol. The third-order valence-corrected chi connectivity index (χ3v) is 4.97. The van der Waals surface area contributed by atoms with Crippen molar-refractivity contribution in [1.29, 1.82) is 0 Å². The summed E-state index contributed by atoms with van der Waals surface area (Å²) in [5.41, 5.74) is 0.757. The summed E-state index contributed by atoms with van der Waals surface area (Å²) >= 11 is 0. The van der Waals surface area contributed by atoms with Gasteiger partial charge < -0.3 is 25.8 Å². The Bertz CT molecular complexity index is 704. The van der Waals surface area contributed by atoms with Crippen molar-refractivity contribution < 1.29 is 24.2 Å². The van der Waals surface area contributed by atoms with Crippen LogP contribution in [0.5, 0.6) is 0 Å². The molecule has 2 heterocycles. The van der Waals surface area contributed by atoms with Crippen molar-refractivity contribution in [2.24, 2.45) is 0 Å². The van der Waals surface area contributed by atoms with E-state index in [9.17, 15) is 9.59 Å². The van der Waals surface area contributed by atoms with Crippen molar-refractivity contribution in [3.63, 3.8) is 0 Å². The molecule has 8 nitrogen and oxygen atoms in total. The highest BCUT2D eigenvalue weighted by molar-refractivity contribution is 5.86. The predicted molar refractivity (Wildman–Crippen MR) is 108 cm³/mol. The van der Waals surface area contributed by atoms with Crippen molar-refractivity contribution >= 4 is 18.3 Å². The van der Waals surface area contributed by atoms with Gasteiger partial charge in [-0.25, -0.2) is 0 Å². The SMILES string of the molecule is CC1(C)CC(NC(=O)[C@H]2OCC(=O)N[C@@H]2c2ccccc2)CC(C)(C)N1.O=CO. The van der Waals surface area contributed by atoms with Crippen molar-refractivity contribution in [2.75, 3.05) is 6.61 Å². The average molecular weight is 405 g/mol. The fourth-order valence-corrected chi connectivity index (χ4v) is 4.41. The lowest BCUT2D eigenvalue weighted by Gasteiger charge is -2.47. The molecule has 2 aliphatic heterocycles. The molecule has 2 saturated heterocycles. The van der Waals surface area contributed by atoms with E-state index in [4.69, 9.17) is 14.6 Å². The Balaban J connectivity index is 0.000000941. The molecule has 0 spiro atoms. The van der Waals surface area contributed by atoms with Gasteiger partial charge in [0, 0.05) is 17.1 Å². The number of morpholine rings is 1. The van der Waals surface area contributed by atoms with Gasteiger partial charge in [-0.15, -0.1) is 0 Å².